The molecule has 6 nitrogen and oxygen atoms in total. The summed E-state index contributed by atoms with van der Waals surface area (Å²) in [5.41, 5.74) is 1.46. The highest BCUT2D eigenvalue weighted by molar-refractivity contribution is 7.19. The lowest BCUT2D eigenvalue weighted by atomic mass is 9.63. The van der Waals surface area contributed by atoms with Crippen molar-refractivity contribution in [3.05, 3.63) is 36.7 Å². The maximum absolute atomic E-state index is 12.6. The molecular formula is C18H16N4O2S. The molecule has 0 radical (unpaired) electrons. The zero-order valence-electron chi connectivity index (χ0n) is 13.7. The summed E-state index contributed by atoms with van der Waals surface area (Å²) in [5, 5.41) is 12.6. The number of thiazole rings is 1. The standard InChI is InChI=1S/C18H16N4O2S/c1-17-8-18(9-17,10-24-17)15(23)21-16-19-7-14(25-16)12-2-3-13-11(6-12)4-5-20-22-13/h2-7H,8-10H2,1H3,(H,19,21,23). The van der Waals surface area contributed by atoms with Gasteiger partial charge in [0.1, 0.15) is 0 Å². The van der Waals surface area contributed by atoms with Crippen molar-refractivity contribution in [1.29, 1.82) is 0 Å². The molecule has 2 aliphatic heterocycles. The smallest absolute Gasteiger partial charge is 0.234 e. The van der Waals surface area contributed by atoms with Crippen molar-refractivity contribution in [2.24, 2.45) is 5.41 Å². The molecule has 4 heterocycles. The Balaban J connectivity index is 1.37. The Labute approximate surface area is 148 Å². The van der Waals surface area contributed by atoms with Gasteiger partial charge in [-0.15, -0.1) is 0 Å². The highest BCUT2D eigenvalue weighted by Gasteiger charge is 2.63. The van der Waals surface area contributed by atoms with Gasteiger partial charge in [0.15, 0.2) is 5.13 Å². The number of benzene rings is 1. The fourth-order valence-electron chi connectivity index (χ4n) is 3.96. The second kappa shape index (κ2) is 5.06. The van der Waals surface area contributed by atoms with E-state index in [-0.39, 0.29) is 16.9 Å². The molecule has 6 rings (SSSR count). The quantitative estimate of drug-likeness (QED) is 0.783. The summed E-state index contributed by atoms with van der Waals surface area (Å²) in [6.07, 6.45) is 5.08. The normalized spacial score (nSPS) is 27.2. The van der Waals surface area contributed by atoms with E-state index in [1.165, 1.54) is 11.3 Å². The third kappa shape index (κ3) is 2.34. The molecule has 3 aliphatic rings. The van der Waals surface area contributed by atoms with Gasteiger partial charge in [-0.25, -0.2) is 4.98 Å². The van der Waals surface area contributed by atoms with E-state index in [1.54, 1.807) is 12.4 Å². The molecule has 1 N–H and O–H groups in total. The van der Waals surface area contributed by atoms with Crippen LogP contribution in [-0.4, -0.2) is 33.3 Å². The highest BCUT2D eigenvalue weighted by Crippen LogP contribution is 2.58. The van der Waals surface area contributed by atoms with Gasteiger partial charge in [0.2, 0.25) is 5.91 Å². The lowest BCUT2D eigenvalue weighted by molar-refractivity contribution is -0.129. The lowest BCUT2D eigenvalue weighted by Crippen LogP contribution is -2.49. The Morgan fingerprint density at radius 3 is 3.00 bits per heavy atom. The van der Waals surface area contributed by atoms with Crippen LogP contribution in [-0.2, 0) is 9.53 Å². The Hall–Kier alpha value is -2.38. The molecule has 126 valence electrons. The van der Waals surface area contributed by atoms with Crippen LogP contribution in [0.25, 0.3) is 21.3 Å². The number of amides is 1. The maximum Gasteiger partial charge on any atom is 0.234 e. The fraction of sp³-hybridized carbons (Fsp3) is 0.333. The summed E-state index contributed by atoms with van der Waals surface area (Å²) in [5.74, 6) is 0.0251. The predicted molar refractivity (Wildman–Crippen MR) is 95.3 cm³/mol. The number of aromatic nitrogens is 3. The Bertz CT molecular complexity index is 993. The zero-order chi connectivity index (χ0) is 17.1. The molecule has 1 amide bonds. The van der Waals surface area contributed by atoms with Crippen molar-refractivity contribution < 1.29 is 9.53 Å². The van der Waals surface area contributed by atoms with Crippen LogP contribution in [0.1, 0.15) is 19.8 Å². The van der Waals surface area contributed by atoms with Gasteiger partial charge in [-0.3, -0.25) is 4.79 Å². The van der Waals surface area contributed by atoms with E-state index in [1.807, 2.05) is 18.2 Å². The largest absolute Gasteiger partial charge is 0.374 e. The number of carbonyl (C=O) groups is 1. The maximum atomic E-state index is 12.6. The van der Waals surface area contributed by atoms with Gasteiger partial charge in [0, 0.05) is 11.6 Å². The first-order chi connectivity index (χ1) is 12.1. The zero-order valence-corrected chi connectivity index (χ0v) is 14.5. The van der Waals surface area contributed by atoms with Crippen LogP contribution >= 0.6 is 11.3 Å². The van der Waals surface area contributed by atoms with Crippen molar-refractivity contribution in [3.63, 3.8) is 0 Å². The number of hydrogen-bond donors (Lipinski definition) is 1. The van der Waals surface area contributed by atoms with Crippen LogP contribution in [0.5, 0.6) is 0 Å². The lowest BCUT2D eigenvalue weighted by Gasteiger charge is -2.40. The molecule has 1 saturated carbocycles. The molecule has 25 heavy (non-hydrogen) atoms. The van der Waals surface area contributed by atoms with Crippen molar-refractivity contribution >= 4 is 33.3 Å². The van der Waals surface area contributed by atoms with Crippen LogP contribution in [0.2, 0.25) is 0 Å². The molecule has 2 aromatic heterocycles. The monoisotopic (exact) mass is 352 g/mol. The molecule has 2 saturated heterocycles. The first-order valence-corrected chi connectivity index (χ1v) is 9.00. The summed E-state index contributed by atoms with van der Waals surface area (Å²) in [4.78, 5) is 18.0. The number of nitrogens with one attached hydrogen (secondary N) is 1. The minimum atomic E-state index is -0.359. The molecule has 7 heteroatoms. The van der Waals surface area contributed by atoms with Gasteiger partial charge >= 0.3 is 0 Å². The van der Waals surface area contributed by atoms with Crippen LogP contribution in [0, 0.1) is 5.41 Å². The van der Waals surface area contributed by atoms with E-state index in [0.717, 1.165) is 34.2 Å². The van der Waals surface area contributed by atoms with Crippen LogP contribution < -0.4 is 5.32 Å². The summed E-state index contributed by atoms with van der Waals surface area (Å²) in [7, 11) is 0. The number of anilines is 1. The molecule has 1 aromatic carbocycles. The molecular weight excluding hydrogens is 336 g/mol. The van der Waals surface area contributed by atoms with E-state index in [2.05, 4.69) is 33.5 Å². The third-order valence-electron chi connectivity index (χ3n) is 5.13. The molecule has 3 fully saturated rings. The molecule has 0 atom stereocenters. The number of nitrogens with zero attached hydrogens (tertiary/aromatic N) is 3. The van der Waals surface area contributed by atoms with Gasteiger partial charge in [-0.1, -0.05) is 17.4 Å². The molecule has 1 aliphatic carbocycles. The topological polar surface area (TPSA) is 77.0 Å². The fourth-order valence-corrected chi connectivity index (χ4v) is 4.77. The van der Waals surface area contributed by atoms with E-state index in [0.29, 0.717) is 11.7 Å². The van der Waals surface area contributed by atoms with Gasteiger partial charge in [0.05, 0.1) is 34.2 Å². The van der Waals surface area contributed by atoms with E-state index >= 15 is 0 Å². The Morgan fingerprint density at radius 1 is 1.32 bits per heavy atom. The van der Waals surface area contributed by atoms with E-state index < -0.39 is 0 Å². The molecule has 3 aromatic rings. The predicted octanol–water partition coefficient (Wildman–Crippen LogP) is 3.26. The number of rotatable bonds is 3. The van der Waals surface area contributed by atoms with Crippen LogP contribution in [0.4, 0.5) is 5.13 Å². The van der Waals surface area contributed by atoms with Gasteiger partial charge < -0.3 is 10.1 Å². The minimum Gasteiger partial charge on any atom is -0.374 e. The van der Waals surface area contributed by atoms with E-state index in [4.69, 9.17) is 4.74 Å². The average molecular weight is 352 g/mol. The van der Waals surface area contributed by atoms with Crippen molar-refractivity contribution in [1.82, 2.24) is 15.2 Å². The van der Waals surface area contributed by atoms with Crippen molar-refractivity contribution in [2.45, 2.75) is 25.4 Å². The van der Waals surface area contributed by atoms with Gasteiger partial charge in [0.25, 0.3) is 0 Å². The Kier molecular flexibility index (Phi) is 3.02. The summed E-state index contributed by atoms with van der Waals surface area (Å²) >= 11 is 1.48. The Morgan fingerprint density at radius 2 is 2.20 bits per heavy atom. The van der Waals surface area contributed by atoms with E-state index in [9.17, 15) is 4.79 Å². The second-order valence-corrected chi connectivity index (χ2v) is 8.19. The third-order valence-corrected chi connectivity index (χ3v) is 6.09. The van der Waals surface area contributed by atoms with Gasteiger partial charge in [-0.2, -0.15) is 10.2 Å². The van der Waals surface area contributed by atoms with Gasteiger partial charge in [-0.05, 0) is 43.5 Å². The minimum absolute atomic E-state index is 0.0251. The summed E-state index contributed by atoms with van der Waals surface area (Å²) < 4.78 is 5.70. The SMILES string of the molecule is CC12CC(C(=O)Nc3ncc(-c4ccc5nnccc5c4)s3)(CO1)C2. The molecule has 2 bridgehead atoms. The van der Waals surface area contributed by atoms with Crippen LogP contribution in [0.15, 0.2) is 36.7 Å². The summed E-state index contributed by atoms with van der Waals surface area (Å²) in [6, 6.07) is 7.93. The summed E-state index contributed by atoms with van der Waals surface area (Å²) in [6.45, 7) is 2.58. The van der Waals surface area contributed by atoms with Crippen molar-refractivity contribution in [3.8, 4) is 10.4 Å². The first-order valence-electron chi connectivity index (χ1n) is 8.19. The highest BCUT2D eigenvalue weighted by atomic mass is 32.1. The van der Waals surface area contributed by atoms with Crippen molar-refractivity contribution in [2.75, 3.05) is 11.9 Å². The second-order valence-electron chi connectivity index (χ2n) is 7.16. The number of fused-ring (bicyclic) bond motifs is 2. The first kappa shape index (κ1) is 14.9. The molecule has 0 spiro atoms. The van der Waals surface area contributed by atoms with Crippen LogP contribution in [0.3, 0.4) is 0 Å². The number of hydrogen-bond acceptors (Lipinski definition) is 6. The average Bonchev–Trinajstić information content (AvgIpc) is 3.28. The molecule has 0 unspecified atom stereocenters. The number of ether oxygens (including phenoxy) is 1. The number of carbonyl (C=O) groups excluding carboxylic acids is 1.